The third kappa shape index (κ3) is 2.10. The van der Waals surface area contributed by atoms with Gasteiger partial charge >= 0.3 is 0 Å². The Labute approximate surface area is 83.3 Å². The van der Waals surface area contributed by atoms with Crippen molar-refractivity contribution in [1.29, 1.82) is 0 Å². The van der Waals surface area contributed by atoms with Crippen molar-refractivity contribution in [3.63, 3.8) is 0 Å². The first-order valence-corrected chi connectivity index (χ1v) is 5.07. The highest BCUT2D eigenvalue weighted by molar-refractivity contribution is 4.88. The third-order valence-corrected chi connectivity index (χ3v) is 2.49. The summed E-state index contributed by atoms with van der Waals surface area (Å²) in [6.07, 6.45) is 1.87. The van der Waals surface area contributed by atoms with Gasteiger partial charge in [-0.2, -0.15) is 4.98 Å². The van der Waals surface area contributed by atoms with Gasteiger partial charge in [0.15, 0.2) is 5.82 Å². The lowest BCUT2D eigenvalue weighted by Crippen LogP contribution is -2.26. The molecule has 1 aliphatic rings. The fourth-order valence-corrected chi connectivity index (χ4v) is 1.70. The lowest BCUT2D eigenvalue weighted by molar-refractivity contribution is 0.306. The molecule has 0 aromatic carbocycles. The van der Waals surface area contributed by atoms with Gasteiger partial charge in [-0.05, 0) is 6.42 Å². The Morgan fingerprint density at radius 3 is 3.07 bits per heavy atom. The summed E-state index contributed by atoms with van der Waals surface area (Å²) in [5.41, 5.74) is 5.80. The van der Waals surface area contributed by atoms with Crippen LogP contribution in [0.4, 0.5) is 0 Å². The summed E-state index contributed by atoms with van der Waals surface area (Å²) in [5.74, 6) is 1.49. The van der Waals surface area contributed by atoms with E-state index < -0.39 is 0 Å². The van der Waals surface area contributed by atoms with Gasteiger partial charge in [-0.25, -0.2) is 0 Å². The van der Waals surface area contributed by atoms with Crippen LogP contribution in [-0.4, -0.2) is 34.2 Å². The van der Waals surface area contributed by atoms with Crippen molar-refractivity contribution in [2.75, 3.05) is 13.1 Å². The second-order valence-electron chi connectivity index (χ2n) is 3.74. The molecule has 0 amide bonds. The SMILES string of the molecule is CCc1nc(CN2CCC(N)C2)no1. The van der Waals surface area contributed by atoms with Crippen molar-refractivity contribution >= 4 is 0 Å². The first-order valence-electron chi connectivity index (χ1n) is 5.07. The van der Waals surface area contributed by atoms with Crippen LogP contribution in [0.1, 0.15) is 25.1 Å². The van der Waals surface area contributed by atoms with E-state index in [0.717, 1.165) is 38.3 Å². The first kappa shape index (κ1) is 9.61. The second-order valence-corrected chi connectivity index (χ2v) is 3.74. The molecule has 0 saturated carbocycles. The molecular formula is C9H16N4O. The van der Waals surface area contributed by atoms with Gasteiger partial charge in [0, 0.05) is 25.6 Å². The average Bonchev–Trinajstić information content (AvgIpc) is 2.76. The fraction of sp³-hybridized carbons (Fsp3) is 0.778. The molecule has 0 radical (unpaired) electrons. The number of hydrogen-bond donors (Lipinski definition) is 1. The summed E-state index contributed by atoms with van der Waals surface area (Å²) in [5, 5.41) is 3.91. The Bertz CT molecular complexity index is 299. The highest BCUT2D eigenvalue weighted by Crippen LogP contribution is 2.10. The molecule has 1 unspecified atom stereocenters. The molecule has 0 bridgehead atoms. The average molecular weight is 196 g/mol. The van der Waals surface area contributed by atoms with Crippen LogP contribution in [0.25, 0.3) is 0 Å². The minimum atomic E-state index is 0.313. The topological polar surface area (TPSA) is 68.2 Å². The van der Waals surface area contributed by atoms with Gasteiger partial charge < -0.3 is 10.3 Å². The molecule has 1 aromatic rings. The molecule has 5 nitrogen and oxygen atoms in total. The van der Waals surface area contributed by atoms with Crippen molar-refractivity contribution in [3.05, 3.63) is 11.7 Å². The number of aryl methyl sites for hydroxylation is 1. The number of nitrogens with zero attached hydrogens (tertiary/aromatic N) is 3. The predicted molar refractivity (Wildman–Crippen MR) is 51.5 cm³/mol. The van der Waals surface area contributed by atoms with E-state index in [-0.39, 0.29) is 0 Å². The number of rotatable bonds is 3. The van der Waals surface area contributed by atoms with E-state index in [9.17, 15) is 0 Å². The normalized spacial score (nSPS) is 23.1. The molecule has 1 aromatic heterocycles. The first-order chi connectivity index (χ1) is 6.78. The summed E-state index contributed by atoms with van der Waals surface area (Å²) in [7, 11) is 0. The van der Waals surface area contributed by atoms with Crippen molar-refractivity contribution in [2.45, 2.75) is 32.4 Å². The lowest BCUT2D eigenvalue weighted by Gasteiger charge is -2.11. The molecule has 2 N–H and O–H groups in total. The molecule has 2 heterocycles. The van der Waals surface area contributed by atoms with E-state index in [1.165, 1.54) is 0 Å². The largest absolute Gasteiger partial charge is 0.339 e. The number of likely N-dealkylation sites (tertiary alicyclic amines) is 1. The Balaban J connectivity index is 1.90. The van der Waals surface area contributed by atoms with Crippen LogP contribution >= 0.6 is 0 Å². The van der Waals surface area contributed by atoms with Gasteiger partial charge in [0.25, 0.3) is 0 Å². The fourth-order valence-electron chi connectivity index (χ4n) is 1.70. The van der Waals surface area contributed by atoms with Crippen LogP contribution in [0.15, 0.2) is 4.52 Å². The number of nitrogens with two attached hydrogens (primary N) is 1. The van der Waals surface area contributed by atoms with Crippen molar-refractivity contribution < 1.29 is 4.52 Å². The molecule has 1 atom stereocenters. The maximum atomic E-state index is 5.80. The van der Waals surface area contributed by atoms with E-state index in [0.29, 0.717) is 11.9 Å². The summed E-state index contributed by atoms with van der Waals surface area (Å²) in [6, 6.07) is 0.313. The summed E-state index contributed by atoms with van der Waals surface area (Å²) >= 11 is 0. The Morgan fingerprint density at radius 2 is 2.50 bits per heavy atom. The highest BCUT2D eigenvalue weighted by Gasteiger charge is 2.20. The molecule has 0 aliphatic carbocycles. The molecular weight excluding hydrogens is 180 g/mol. The zero-order valence-electron chi connectivity index (χ0n) is 8.44. The molecule has 0 spiro atoms. The minimum Gasteiger partial charge on any atom is -0.339 e. The standard InChI is InChI=1S/C9H16N4O/c1-2-9-11-8(12-14-9)6-13-4-3-7(10)5-13/h7H,2-6,10H2,1H3. The zero-order chi connectivity index (χ0) is 9.97. The lowest BCUT2D eigenvalue weighted by atomic mass is 10.3. The maximum Gasteiger partial charge on any atom is 0.226 e. The maximum absolute atomic E-state index is 5.80. The number of aromatic nitrogens is 2. The third-order valence-electron chi connectivity index (χ3n) is 2.49. The van der Waals surface area contributed by atoms with Gasteiger partial charge in [-0.15, -0.1) is 0 Å². The van der Waals surface area contributed by atoms with Crippen LogP contribution in [0.5, 0.6) is 0 Å². The smallest absolute Gasteiger partial charge is 0.226 e. The van der Waals surface area contributed by atoms with Crippen LogP contribution in [0.3, 0.4) is 0 Å². The van der Waals surface area contributed by atoms with Crippen molar-refractivity contribution in [1.82, 2.24) is 15.0 Å². The monoisotopic (exact) mass is 196 g/mol. The molecule has 5 heteroatoms. The van der Waals surface area contributed by atoms with Crippen LogP contribution in [-0.2, 0) is 13.0 Å². The van der Waals surface area contributed by atoms with E-state index in [4.69, 9.17) is 10.3 Å². The van der Waals surface area contributed by atoms with Crippen molar-refractivity contribution in [2.24, 2.45) is 5.73 Å². The van der Waals surface area contributed by atoms with Crippen LogP contribution in [0, 0.1) is 0 Å². The molecule has 1 saturated heterocycles. The Morgan fingerprint density at radius 1 is 1.64 bits per heavy atom. The summed E-state index contributed by atoms with van der Waals surface area (Å²) in [6.45, 7) is 4.74. The minimum absolute atomic E-state index is 0.313. The zero-order valence-corrected chi connectivity index (χ0v) is 8.44. The second kappa shape index (κ2) is 4.06. The van der Waals surface area contributed by atoms with E-state index in [1.807, 2.05) is 6.92 Å². The van der Waals surface area contributed by atoms with Crippen molar-refractivity contribution in [3.8, 4) is 0 Å². The predicted octanol–water partition coefficient (Wildman–Crippen LogP) is 0.165. The van der Waals surface area contributed by atoms with Crippen LogP contribution < -0.4 is 5.73 Å². The van der Waals surface area contributed by atoms with Crippen LogP contribution in [0.2, 0.25) is 0 Å². The quantitative estimate of drug-likeness (QED) is 0.746. The van der Waals surface area contributed by atoms with Gasteiger partial charge in [0.2, 0.25) is 5.89 Å². The highest BCUT2D eigenvalue weighted by atomic mass is 16.5. The van der Waals surface area contributed by atoms with Gasteiger partial charge in [-0.1, -0.05) is 12.1 Å². The summed E-state index contributed by atoms with van der Waals surface area (Å²) in [4.78, 5) is 6.52. The Hall–Kier alpha value is -0.940. The van der Waals surface area contributed by atoms with E-state index >= 15 is 0 Å². The van der Waals surface area contributed by atoms with Gasteiger partial charge in [-0.3, -0.25) is 4.90 Å². The van der Waals surface area contributed by atoms with Gasteiger partial charge in [0.05, 0.1) is 6.54 Å². The van der Waals surface area contributed by atoms with E-state index in [2.05, 4.69) is 15.0 Å². The number of hydrogen-bond acceptors (Lipinski definition) is 5. The Kier molecular flexibility index (Phi) is 2.79. The molecule has 2 rings (SSSR count). The summed E-state index contributed by atoms with van der Waals surface area (Å²) < 4.78 is 5.03. The van der Waals surface area contributed by atoms with Gasteiger partial charge in [0.1, 0.15) is 0 Å². The molecule has 14 heavy (non-hydrogen) atoms. The molecule has 1 aliphatic heterocycles. The van der Waals surface area contributed by atoms with E-state index in [1.54, 1.807) is 0 Å². The molecule has 1 fully saturated rings. The molecule has 78 valence electrons.